The largest absolute Gasteiger partial charge is 0.376 e. The van der Waals surface area contributed by atoms with Crippen LogP contribution in [0.15, 0.2) is 46.8 Å². The van der Waals surface area contributed by atoms with E-state index in [1.54, 1.807) is 22.3 Å². The van der Waals surface area contributed by atoms with Gasteiger partial charge < -0.3 is 5.32 Å². The maximum absolute atomic E-state index is 6.32. The van der Waals surface area contributed by atoms with Crippen molar-refractivity contribution in [2.75, 3.05) is 5.32 Å². The van der Waals surface area contributed by atoms with Gasteiger partial charge in [-0.3, -0.25) is 0 Å². The number of halogens is 2. The summed E-state index contributed by atoms with van der Waals surface area (Å²) in [5.74, 6) is 0. The third-order valence-corrected chi connectivity index (χ3v) is 5.14. The number of para-hydroxylation sites is 1. The molecule has 0 bridgehead atoms. The number of nitrogens with zero attached hydrogens (tertiary/aromatic N) is 3. The lowest BCUT2D eigenvalue weighted by molar-refractivity contribution is 0.861. The Balaban J connectivity index is 1.94. The van der Waals surface area contributed by atoms with E-state index in [9.17, 15) is 0 Å². The Labute approximate surface area is 139 Å². The van der Waals surface area contributed by atoms with Crippen LogP contribution >= 0.6 is 38.9 Å². The van der Waals surface area contributed by atoms with Crippen molar-refractivity contribution >= 4 is 44.6 Å². The molecule has 4 nitrogen and oxygen atoms in total. The number of nitrogens with one attached hydrogen (secondary N) is 1. The monoisotopic (exact) mass is 382 g/mol. The number of rotatable bonds is 4. The van der Waals surface area contributed by atoms with Gasteiger partial charge in [-0.15, -0.1) is 11.3 Å². The van der Waals surface area contributed by atoms with Gasteiger partial charge in [-0.05, 0) is 47.1 Å². The fraction of sp³-hybridized carbons (Fsp3) is 0.143. The molecule has 0 saturated carbocycles. The van der Waals surface area contributed by atoms with Crippen LogP contribution in [0.3, 0.4) is 0 Å². The summed E-state index contributed by atoms with van der Waals surface area (Å²) in [5.41, 5.74) is 1.73. The first kappa shape index (κ1) is 14.6. The second kappa shape index (κ2) is 6.17. The molecule has 0 radical (unpaired) electrons. The summed E-state index contributed by atoms with van der Waals surface area (Å²) in [5, 5.41) is 8.28. The number of hydrogen-bond acceptors (Lipinski definition) is 4. The maximum Gasteiger partial charge on any atom is 0.138 e. The normalized spacial score (nSPS) is 12.3. The minimum absolute atomic E-state index is 0.169. The van der Waals surface area contributed by atoms with Crippen molar-refractivity contribution in [1.29, 1.82) is 0 Å². The summed E-state index contributed by atoms with van der Waals surface area (Å²) in [6.45, 7) is 2.12. The van der Waals surface area contributed by atoms with E-state index in [1.165, 1.54) is 11.2 Å². The second-order valence-electron chi connectivity index (χ2n) is 4.48. The molecule has 2 heterocycles. The molecule has 0 aliphatic carbocycles. The van der Waals surface area contributed by atoms with Crippen molar-refractivity contribution in [3.05, 3.63) is 56.7 Å². The topological polar surface area (TPSA) is 42.7 Å². The summed E-state index contributed by atoms with van der Waals surface area (Å²) in [4.78, 5) is 5.22. The van der Waals surface area contributed by atoms with E-state index in [0.29, 0.717) is 5.02 Å². The number of aromatic nitrogens is 3. The zero-order valence-electron chi connectivity index (χ0n) is 11.1. The van der Waals surface area contributed by atoms with Crippen LogP contribution in [0.25, 0.3) is 5.69 Å². The quantitative estimate of drug-likeness (QED) is 0.695. The predicted molar refractivity (Wildman–Crippen MR) is 90.4 cm³/mol. The van der Waals surface area contributed by atoms with Crippen LogP contribution in [0.1, 0.15) is 17.8 Å². The van der Waals surface area contributed by atoms with E-state index in [4.69, 9.17) is 11.6 Å². The first-order valence-corrected chi connectivity index (χ1v) is 8.29. The summed E-state index contributed by atoms with van der Waals surface area (Å²) >= 11 is 11.5. The minimum atomic E-state index is 0.169. The molecule has 3 aromatic rings. The zero-order valence-corrected chi connectivity index (χ0v) is 14.3. The van der Waals surface area contributed by atoms with Gasteiger partial charge in [0.1, 0.15) is 18.3 Å². The zero-order chi connectivity index (χ0) is 14.8. The average molecular weight is 384 g/mol. The third-order valence-electron chi connectivity index (χ3n) is 3.03. The van der Waals surface area contributed by atoms with Crippen LogP contribution in [0, 0.1) is 0 Å². The molecule has 108 valence electrons. The molecule has 3 rings (SSSR count). The molecule has 0 amide bonds. The van der Waals surface area contributed by atoms with Crippen LogP contribution in [-0.2, 0) is 0 Å². The lowest BCUT2D eigenvalue weighted by Crippen LogP contribution is -2.09. The highest BCUT2D eigenvalue weighted by Gasteiger charge is 2.14. The van der Waals surface area contributed by atoms with Gasteiger partial charge in [0.15, 0.2) is 0 Å². The van der Waals surface area contributed by atoms with Crippen LogP contribution in [-0.4, -0.2) is 14.8 Å². The van der Waals surface area contributed by atoms with Gasteiger partial charge in [0.05, 0.1) is 20.5 Å². The van der Waals surface area contributed by atoms with Crippen molar-refractivity contribution < 1.29 is 0 Å². The van der Waals surface area contributed by atoms with E-state index >= 15 is 0 Å². The Kier molecular flexibility index (Phi) is 4.28. The first-order valence-electron chi connectivity index (χ1n) is 6.30. The number of benzene rings is 1. The summed E-state index contributed by atoms with van der Waals surface area (Å²) < 4.78 is 2.79. The van der Waals surface area contributed by atoms with Crippen molar-refractivity contribution in [3.8, 4) is 5.69 Å². The van der Waals surface area contributed by atoms with Gasteiger partial charge in [0, 0.05) is 4.88 Å². The summed E-state index contributed by atoms with van der Waals surface area (Å²) in [6, 6.07) is 10.1. The third kappa shape index (κ3) is 3.12. The van der Waals surface area contributed by atoms with Crippen LogP contribution < -0.4 is 5.32 Å². The van der Waals surface area contributed by atoms with E-state index in [1.807, 2.05) is 18.2 Å². The predicted octanol–water partition coefficient (Wildman–Crippen LogP) is 4.92. The highest BCUT2D eigenvalue weighted by Crippen LogP contribution is 2.33. The summed E-state index contributed by atoms with van der Waals surface area (Å²) in [7, 11) is 0. The Hall–Kier alpha value is -1.37. The molecule has 0 spiro atoms. The van der Waals surface area contributed by atoms with E-state index in [0.717, 1.165) is 15.2 Å². The van der Waals surface area contributed by atoms with Gasteiger partial charge in [0.25, 0.3) is 0 Å². The van der Waals surface area contributed by atoms with Gasteiger partial charge in [0.2, 0.25) is 0 Å². The molecule has 1 aromatic carbocycles. The molecule has 1 unspecified atom stereocenters. The molecule has 0 saturated heterocycles. The van der Waals surface area contributed by atoms with Crippen LogP contribution in [0.4, 0.5) is 5.69 Å². The average Bonchev–Trinajstić information content (AvgIpc) is 3.10. The van der Waals surface area contributed by atoms with Crippen LogP contribution in [0.2, 0.25) is 5.02 Å². The van der Waals surface area contributed by atoms with E-state index < -0.39 is 0 Å². The fourth-order valence-electron chi connectivity index (χ4n) is 2.05. The Morgan fingerprint density at radius 3 is 2.86 bits per heavy atom. The second-order valence-corrected chi connectivity index (χ2v) is 7.39. The van der Waals surface area contributed by atoms with E-state index in [-0.39, 0.29) is 6.04 Å². The number of hydrogen-bond donors (Lipinski definition) is 1. The van der Waals surface area contributed by atoms with Crippen molar-refractivity contribution in [2.24, 2.45) is 0 Å². The molecule has 21 heavy (non-hydrogen) atoms. The smallest absolute Gasteiger partial charge is 0.138 e. The minimum Gasteiger partial charge on any atom is -0.376 e. The van der Waals surface area contributed by atoms with Gasteiger partial charge >= 0.3 is 0 Å². The molecule has 2 aromatic heterocycles. The van der Waals surface area contributed by atoms with Crippen molar-refractivity contribution in [2.45, 2.75) is 13.0 Å². The molecule has 1 N–H and O–H groups in total. The van der Waals surface area contributed by atoms with Crippen molar-refractivity contribution in [1.82, 2.24) is 14.8 Å². The number of thiophene rings is 1. The molecule has 1 atom stereocenters. The highest BCUT2D eigenvalue weighted by molar-refractivity contribution is 9.11. The Bertz CT molecular complexity index is 741. The van der Waals surface area contributed by atoms with Gasteiger partial charge in [-0.25, -0.2) is 9.67 Å². The highest BCUT2D eigenvalue weighted by atomic mass is 79.9. The first-order chi connectivity index (χ1) is 10.1. The Morgan fingerprint density at radius 2 is 2.19 bits per heavy atom. The molecule has 0 aliphatic heterocycles. The number of anilines is 1. The fourth-order valence-corrected chi connectivity index (χ4v) is 3.74. The summed E-state index contributed by atoms with van der Waals surface area (Å²) in [6.07, 6.45) is 3.13. The maximum atomic E-state index is 6.32. The van der Waals surface area contributed by atoms with Crippen molar-refractivity contribution in [3.63, 3.8) is 0 Å². The Morgan fingerprint density at radius 1 is 1.33 bits per heavy atom. The van der Waals surface area contributed by atoms with Gasteiger partial charge in [-0.1, -0.05) is 17.7 Å². The van der Waals surface area contributed by atoms with Crippen LogP contribution in [0.5, 0.6) is 0 Å². The lowest BCUT2D eigenvalue weighted by atomic mass is 10.2. The molecular weight excluding hydrogens is 372 g/mol. The lowest BCUT2D eigenvalue weighted by Gasteiger charge is -2.17. The molecule has 0 fully saturated rings. The molecule has 7 heteroatoms. The molecule has 0 aliphatic rings. The molecular formula is C14H12BrClN4S. The SMILES string of the molecule is CC(Nc1cccc(Cl)c1-n1cncn1)c1ccc(Br)s1. The van der Waals surface area contributed by atoms with E-state index in [2.05, 4.69) is 50.4 Å². The van der Waals surface area contributed by atoms with Gasteiger partial charge in [-0.2, -0.15) is 5.10 Å². The standard InChI is InChI=1S/C14H12BrClN4S/c1-9(12-5-6-13(15)21-12)19-11-4-2-3-10(16)14(11)20-8-17-7-18-20/h2-9,19H,1H3.